The van der Waals surface area contributed by atoms with Gasteiger partial charge in [0.05, 0.1) is 0 Å². The van der Waals surface area contributed by atoms with E-state index in [-0.39, 0.29) is 12.0 Å². The normalized spacial score (nSPS) is 24.9. The first-order chi connectivity index (χ1) is 9.52. The van der Waals surface area contributed by atoms with Crippen LogP contribution in [0, 0.1) is 17.6 Å². The zero-order valence-corrected chi connectivity index (χ0v) is 12.3. The van der Waals surface area contributed by atoms with E-state index in [1.807, 2.05) is 0 Å². The molecule has 20 heavy (non-hydrogen) atoms. The molecule has 2 nitrogen and oxygen atoms in total. The van der Waals surface area contributed by atoms with Crippen molar-refractivity contribution in [2.75, 3.05) is 13.1 Å². The zero-order chi connectivity index (χ0) is 14.7. The van der Waals surface area contributed by atoms with Crippen LogP contribution in [0.3, 0.4) is 0 Å². The summed E-state index contributed by atoms with van der Waals surface area (Å²) in [6.07, 6.45) is 3.25. The standard InChI is InChI=1S/C16H24F2N2/c1-11(2)20-6-4-3-5-12(10-19)16(20)13-7-14(17)9-15(18)8-13/h7-9,11-12,16H,3-6,10,19H2,1-2H3. The van der Waals surface area contributed by atoms with Gasteiger partial charge in [-0.1, -0.05) is 6.42 Å². The maximum absolute atomic E-state index is 13.6. The third kappa shape index (κ3) is 3.36. The van der Waals surface area contributed by atoms with Crippen molar-refractivity contribution >= 4 is 0 Å². The van der Waals surface area contributed by atoms with Crippen LogP contribution in [0.4, 0.5) is 8.78 Å². The molecule has 2 unspecified atom stereocenters. The molecule has 2 atom stereocenters. The second kappa shape index (κ2) is 6.64. The number of benzene rings is 1. The molecule has 0 saturated carbocycles. The third-order valence-electron chi connectivity index (χ3n) is 4.24. The van der Waals surface area contributed by atoms with Gasteiger partial charge < -0.3 is 5.73 Å². The van der Waals surface area contributed by atoms with Gasteiger partial charge in [-0.05, 0) is 63.4 Å². The van der Waals surface area contributed by atoms with E-state index in [0.29, 0.717) is 18.2 Å². The number of halogens is 2. The quantitative estimate of drug-likeness (QED) is 0.919. The van der Waals surface area contributed by atoms with Crippen LogP contribution in [0.15, 0.2) is 18.2 Å². The Labute approximate surface area is 120 Å². The molecule has 0 spiro atoms. The lowest BCUT2D eigenvalue weighted by atomic mass is 9.88. The molecule has 0 amide bonds. The molecule has 1 fully saturated rings. The fraction of sp³-hybridized carbons (Fsp3) is 0.625. The Bertz CT molecular complexity index is 428. The fourth-order valence-electron chi connectivity index (χ4n) is 3.30. The molecule has 0 aromatic heterocycles. The van der Waals surface area contributed by atoms with Crippen molar-refractivity contribution in [2.45, 2.75) is 45.2 Å². The summed E-state index contributed by atoms with van der Waals surface area (Å²) in [5.41, 5.74) is 6.64. The summed E-state index contributed by atoms with van der Waals surface area (Å²) < 4.78 is 27.1. The van der Waals surface area contributed by atoms with Crippen molar-refractivity contribution < 1.29 is 8.78 Å². The van der Waals surface area contributed by atoms with Crippen molar-refractivity contribution in [1.29, 1.82) is 0 Å². The smallest absolute Gasteiger partial charge is 0.126 e. The molecule has 1 aliphatic heterocycles. The molecular weight excluding hydrogens is 258 g/mol. The number of hydrogen-bond donors (Lipinski definition) is 1. The Kier molecular flexibility index (Phi) is 5.11. The van der Waals surface area contributed by atoms with E-state index < -0.39 is 11.6 Å². The molecule has 1 aromatic carbocycles. The van der Waals surface area contributed by atoms with Gasteiger partial charge in [-0.3, -0.25) is 4.90 Å². The Balaban J connectivity index is 2.42. The van der Waals surface area contributed by atoms with Crippen LogP contribution < -0.4 is 5.73 Å². The molecule has 1 saturated heterocycles. The molecule has 1 heterocycles. The molecule has 112 valence electrons. The summed E-state index contributed by atoms with van der Waals surface area (Å²) in [7, 11) is 0. The van der Waals surface area contributed by atoms with Crippen LogP contribution in [-0.2, 0) is 0 Å². The number of hydrogen-bond acceptors (Lipinski definition) is 2. The summed E-state index contributed by atoms with van der Waals surface area (Å²) in [5, 5.41) is 0. The van der Waals surface area contributed by atoms with Gasteiger partial charge >= 0.3 is 0 Å². The molecule has 1 aliphatic rings. The van der Waals surface area contributed by atoms with E-state index in [1.165, 1.54) is 12.1 Å². The minimum atomic E-state index is -0.510. The third-order valence-corrected chi connectivity index (χ3v) is 4.24. The van der Waals surface area contributed by atoms with Crippen LogP contribution in [0.5, 0.6) is 0 Å². The van der Waals surface area contributed by atoms with Crippen LogP contribution >= 0.6 is 0 Å². The van der Waals surface area contributed by atoms with Crippen molar-refractivity contribution in [3.8, 4) is 0 Å². The Hall–Kier alpha value is -1.00. The predicted molar refractivity (Wildman–Crippen MR) is 77.3 cm³/mol. The monoisotopic (exact) mass is 282 g/mol. The van der Waals surface area contributed by atoms with Crippen LogP contribution in [0.25, 0.3) is 0 Å². The molecule has 4 heteroatoms. The minimum Gasteiger partial charge on any atom is -0.330 e. The average molecular weight is 282 g/mol. The SMILES string of the molecule is CC(C)N1CCCCC(CN)C1c1cc(F)cc(F)c1. The maximum atomic E-state index is 13.6. The highest BCUT2D eigenvalue weighted by Crippen LogP contribution is 2.36. The van der Waals surface area contributed by atoms with Crippen molar-refractivity contribution in [3.63, 3.8) is 0 Å². The molecule has 2 rings (SSSR count). The zero-order valence-electron chi connectivity index (χ0n) is 12.3. The van der Waals surface area contributed by atoms with Gasteiger partial charge in [-0.15, -0.1) is 0 Å². The second-order valence-electron chi connectivity index (χ2n) is 5.97. The van der Waals surface area contributed by atoms with Crippen molar-refractivity contribution in [3.05, 3.63) is 35.4 Å². The first kappa shape index (κ1) is 15.4. The van der Waals surface area contributed by atoms with Crippen molar-refractivity contribution in [1.82, 2.24) is 4.90 Å². The lowest BCUT2D eigenvalue weighted by Gasteiger charge is -2.38. The van der Waals surface area contributed by atoms with E-state index in [9.17, 15) is 8.78 Å². The number of nitrogens with two attached hydrogens (primary N) is 1. The summed E-state index contributed by atoms with van der Waals surface area (Å²) in [4.78, 5) is 2.33. The van der Waals surface area contributed by atoms with Gasteiger partial charge in [-0.2, -0.15) is 0 Å². The largest absolute Gasteiger partial charge is 0.330 e. The number of nitrogens with zero attached hydrogens (tertiary/aromatic N) is 1. The Morgan fingerprint density at radius 3 is 2.40 bits per heavy atom. The van der Waals surface area contributed by atoms with E-state index in [0.717, 1.165) is 31.9 Å². The number of rotatable bonds is 3. The second-order valence-corrected chi connectivity index (χ2v) is 5.97. The molecule has 0 radical (unpaired) electrons. The van der Waals surface area contributed by atoms with Crippen LogP contribution in [0.1, 0.15) is 44.7 Å². The lowest BCUT2D eigenvalue weighted by Crippen LogP contribution is -2.40. The molecule has 0 bridgehead atoms. The van der Waals surface area contributed by atoms with Crippen molar-refractivity contribution in [2.24, 2.45) is 11.7 Å². The van der Waals surface area contributed by atoms with Crippen LogP contribution in [0.2, 0.25) is 0 Å². The summed E-state index contributed by atoms with van der Waals surface area (Å²) >= 11 is 0. The topological polar surface area (TPSA) is 29.3 Å². The highest BCUT2D eigenvalue weighted by atomic mass is 19.1. The van der Waals surface area contributed by atoms with E-state index >= 15 is 0 Å². The highest BCUT2D eigenvalue weighted by molar-refractivity contribution is 5.23. The summed E-state index contributed by atoms with van der Waals surface area (Å²) in [6, 6.07) is 4.18. The molecule has 1 aromatic rings. The molecule has 0 aliphatic carbocycles. The first-order valence-electron chi connectivity index (χ1n) is 7.44. The van der Waals surface area contributed by atoms with E-state index in [4.69, 9.17) is 5.73 Å². The van der Waals surface area contributed by atoms with Gasteiger partial charge in [0.1, 0.15) is 11.6 Å². The maximum Gasteiger partial charge on any atom is 0.126 e. The Morgan fingerprint density at radius 1 is 1.20 bits per heavy atom. The Morgan fingerprint density at radius 2 is 1.85 bits per heavy atom. The summed E-state index contributed by atoms with van der Waals surface area (Å²) in [6.45, 7) is 5.76. The van der Waals surface area contributed by atoms with E-state index in [1.54, 1.807) is 0 Å². The lowest BCUT2D eigenvalue weighted by molar-refractivity contribution is 0.121. The molecular formula is C16H24F2N2. The highest BCUT2D eigenvalue weighted by Gasteiger charge is 2.32. The van der Waals surface area contributed by atoms with Gasteiger partial charge in [0.15, 0.2) is 0 Å². The number of likely N-dealkylation sites (tertiary alicyclic amines) is 1. The van der Waals surface area contributed by atoms with Crippen LogP contribution in [-0.4, -0.2) is 24.0 Å². The first-order valence-corrected chi connectivity index (χ1v) is 7.44. The van der Waals surface area contributed by atoms with Gasteiger partial charge in [-0.25, -0.2) is 8.78 Å². The fourth-order valence-corrected chi connectivity index (χ4v) is 3.30. The van der Waals surface area contributed by atoms with Gasteiger partial charge in [0.2, 0.25) is 0 Å². The molecule has 2 N–H and O–H groups in total. The van der Waals surface area contributed by atoms with E-state index in [2.05, 4.69) is 18.7 Å². The average Bonchev–Trinajstić information content (AvgIpc) is 2.59. The van der Waals surface area contributed by atoms with Gasteiger partial charge in [0, 0.05) is 18.2 Å². The van der Waals surface area contributed by atoms with Gasteiger partial charge in [0.25, 0.3) is 0 Å². The predicted octanol–water partition coefficient (Wildman–Crippen LogP) is 3.48. The minimum absolute atomic E-state index is 0.00713. The summed E-state index contributed by atoms with van der Waals surface area (Å²) in [5.74, 6) is -0.770.